The van der Waals surface area contributed by atoms with Crippen molar-refractivity contribution in [1.29, 1.82) is 0 Å². The molecular weight excluding hydrogens is 212 g/mol. The fourth-order valence-electron chi connectivity index (χ4n) is 1.17. The first kappa shape index (κ1) is 14.4. The summed E-state index contributed by atoms with van der Waals surface area (Å²) in [5.74, 6) is -1.64. The van der Waals surface area contributed by atoms with Crippen LogP contribution in [0.2, 0.25) is 0 Å². The van der Waals surface area contributed by atoms with Crippen molar-refractivity contribution in [2.24, 2.45) is 0 Å². The lowest BCUT2D eigenvalue weighted by molar-refractivity contribution is -0.138. The Kier molecular flexibility index (Phi) is 6.91. The van der Waals surface area contributed by atoms with Gasteiger partial charge in [0, 0.05) is 12.5 Å². The number of carboxylic acid groups (broad SMARTS) is 1. The van der Waals surface area contributed by atoms with E-state index in [4.69, 9.17) is 5.11 Å². The molecule has 3 N–H and O–H groups in total. The number of aliphatic carboxylic acids is 1. The minimum absolute atomic E-state index is 0.00252. The third-order valence-electron chi connectivity index (χ3n) is 1.92. The molecule has 92 valence electrons. The van der Waals surface area contributed by atoms with Gasteiger partial charge in [-0.2, -0.15) is 0 Å². The summed E-state index contributed by atoms with van der Waals surface area (Å²) >= 11 is 0. The third kappa shape index (κ3) is 7.78. The van der Waals surface area contributed by atoms with Crippen LogP contribution < -0.4 is 10.6 Å². The maximum absolute atomic E-state index is 11.2. The van der Waals surface area contributed by atoms with Crippen molar-refractivity contribution in [1.82, 2.24) is 10.6 Å². The number of amides is 3. The lowest BCUT2D eigenvalue weighted by Gasteiger charge is -2.12. The Bertz CT molecular complexity index is 266. The van der Waals surface area contributed by atoms with E-state index < -0.39 is 17.9 Å². The van der Waals surface area contributed by atoms with Crippen LogP contribution in [0.5, 0.6) is 0 Å². The zero-order valence-electron chi connectivity index (χ0n) is 9.58. The maximum Gasteiger partial charge on any atom is 0.321 e. The molecule has 0 aromatic carbocycles. The minimum Gasteiger partial charge on any atom is -0.481 e. The van der Waals surface area contributed by atoms with Crippen molar-refractivity contribution in [3.8, 4) is 0 Å². The standard InChI is InChI=1S/C10H18N2O4/c1-3-4-7(2)11-10(16)12-8(13)5-6-9(14)15/h7H,3-6H2,1-2H3,(H,14,15)(H2,11,12,13,16). The van der Waals surface area contributed by atoms with E-state index >= 15 is 0 Å². The van der Waals surface area contributed by atoms with Crippen LogP contribution in [0.3, 0.4) is 0 Å². The van der Waals surface area contributed by atoms with Crippen LogP contribution in [0, 0.1) is 0 Å². The summed E-state index contributed by atoms with van der Waals surface area (Å²) < 4.78 is 0. The number of urea groups is 1. The second kappa shape index (κ2) is 7.67. The topological polar surface area (TPSA) is 95.5 Å². The predicted octanol–water partition coefficient (Wildman–Crippen LogP) is 0.866. The van der Waals surface area contributed by atoms with Gasteiger partial charge in [-0.25, -0.2) is 4.79 Å². The molecule has 0 aliphatic heterocycles. The molecule has 1 atom stereocenters. The highest BCUT2D eigenvalue weighted by molar-refractivity contribution is 5.95. The first-order valence-corrected chi connectivity index (χ1v) is 5.27. The zero-order valence-corrected chi connectivity index (χ0v) is 9.58. The molecule has 0 saturated heterocycles. The fourth-order valence-corrected chi connectivity index (χ4v) is 1.17. The lowest BCUT2D eigenvalue weighted by Crippen LogP contribution is -2.43. The van der Waals surface area contributed by atoms with Crippen molar-refractivity contribution >= 4 is 17.9 Å². The number of carboxylic acids is 1. The summed E-state index contributed by atoms with van der Waals surface area (Å²) in [5, 5.41) is 13.0. The van der Waals surface area contributed by atoms with Gasteiger partial charge in [-0.1, -0.05) is 13.3 Å². The third-order valence-corrected chi connectivity index (χ3v) is 1.92. The van der Waals surface area contributed by atoms with E-state index in [1.54, 1.807) is 0 Å². The summed E-state index contributed by atoms with van der Waals surface area (Å²) in [5.41, 5.74) is 0. The van der Waals surface area contributed by atoms with Gasteiger partial charge in [0.25, 0.3) is 0 Å². The van der Waals surface area contributed by atoms with E-state index in [1.807, 2.05) is 13.8 Å². The summed E-state index contributed by atoms with van der Waals surface area (Å²) in [6, 6.07) is -0.575. The minimum atomic E-state index is -1.06. The summed E-state index contributed by atoms with van der Waals surface area (Å²) in [4.78, 5) is 32.4. The molecule has 0 rings (SSSR count). The van der Waals surface area contributed by atoms with E-state index in [1.165, 1.54) is 0 Å². The van der Waals surface area contributed by atoms with E-state index in [0.717, 1.165) is 12.8 Å². The zero-order chi connectivity index (χ0) is 12.6. The average Bonchev–Trinajstić information content (AvgIpc) is 2.14. The van der Waals surface area contributed by atoms with Gasteiger partial charge in [0.1, 0.15) is 0 Å². The Morgan fingerprint density at radius 2 is 1.88 bits per heavy atom. The van der Waals surface area contributed by atoms with Crippen LogP contribution in [0.25, 0.3) is 0 Å². The highest BCUT2D eigenvalue weighted by Gasteiger charge is 2.11. The quantitative estimate of drug-likeness (QED) is 0.630. The molecule has 0 spiro atoms. The summed E-state index contributed by atoms with van der Waals surface area (Å²) in [7, 11) is 0. The molecule has 3 amide bonds. The number of carbonyl (C=O) groups excluding carboxylic acids is 2. The Hall–Kier alpha value is -1.59. The number of rotatable bonds is 6. The highest BCUT2D eigenvalue weighted by atomic mass is 16.4. The second-order valence-electron chi connectivity index (χ2n) is 3.61. The molecule has 0 radical (unpaired) electrons. The van der Waals surface area contributed by atoms with Crippen molar-refractivity contribution in [2.45, 2.75) is 45.6 Å². The van der Waals surface area contributed by atoms with Crippen molar-refractivity contribution < 1.29 is 19.5 Å². The van der Waals surface area contributed by atoms with Gasteiger partial charge in [-0.3, -0.25) is 14.9 Å². The molecular formula is C10H18N2O4. The number of carbonyl (C=O) groups is 3. The molecule has 0 fully saturated rings. The Morgan fingerprint density at radius 3 is 2.38 bits per heavy atom. The molecule has 1 unspecified atom stereocenters. The first-order valence-electron chi connectivity index (χ1n) is 5.27. The average molecular weight is 230 g/mol. The van der Waals surface area contributed by atoms with Crippen molar-refractivity contribution in [3.63, 3.8) is 0 Å². The molecule has 16 heavy (non-hydrogen) atoms. The van der Waals surface area contributed by atoms with Gasteiger partial charge in [-0.05, 0) is 13.3 Å². The number of hydrogen-bond donors (Lipinski definition) is 3. The number of nitrogens with one attached hydrogen (secondary N) is 2. The Morgan fingerprint density at radius 1 is 1.25 bits per heavy atom. The number of imide groups is 1. The smallest absolute Gasteiger partial charge is 0.321 e. The summed E-state index contributed by atoms with van der Waals surface area (Å²) in [6.45, 7) is 3.83. The van der Waals surface area contributed by atoms with Crippen molar-refractivity contribution in [2.75, 3.05) is 0 Å². The molecule has 0 heterocycles. The number of hydrogen-bond acceptors (Lipinski definition) is 3. The molecule has 0 aliphatic carbocycles. The van der Waals surface area contributed by atoms with Gasteiger partial charge in [0.05, 0.1) is 6.42 Å². The van der Waals surface area contributed by atoms with Gasteiger partial charge >= 0.3 is 12.0 Å². The summed E-state index contributed by atoms with van der Waals surface area (Å²) in [6.07, 6.45) is 1.31. The van der Waals surface area contributed by atoms with Crippen LogP contribution in [0.15, 0.2) is 0 Å². The van der Waals surface area contributed by atoms with E-state index in [9.17, 15) is 14.4 Å². The SMILES string of the molecule is CCCC(C)NC(=O)NC(=O)CCC(=O)O. The normalized spacial score (nSPS) is 11.6. The molecule has 0 saturated carbocycles. The maximum atomic E-state index is 11.2. The van der Waals surface area contributed by atoms with Crippen LogP contribution in [0.4, 0.5) is 4.79 Å². The van der Waals surface area contributed by atoms with Crippen LogP contribution in [-0.2, 0) is 9.59 Å². The first-order chi connectivity index (χ1) is 7.45. The molecule has 6 heteroatoms. The van der Waals surface area contributed by atoms with E-state index in [2.05, 4.69) is 10.6 Å². The fraction of sp³-hybridized carbons (Fsp3) is 0.700. The van der Waals surface area contributed by atoms with Crippen LogP contribution in [-0.4, -0.2) is 29.1 Å². The van der Waals surface area contributed by atoms with Crippen LogP contribution in [0.1, 0.15) is 39.5 Å². The molecule has 6 nitrogen and oxygen atoms in total. The molecule has 0 aliphatic rings. The molecule has 0 aromatic heterocycles. The molecule has 0 bridgehead atoms. The van der Waals surface area contributed by atoms with E-state index in [0.29, 0.717) is 0 Å². The predicted molar refractivity (Wildman–Crippen MR) is 57.9 cm³/mol. The van der Waals surface area contributed by atoms with Crippen LogP contribution >= 0.6 is 0 Å². The van der Waals surface area contributed by atoms with Gasteiger partial charge in [-0.15, -0.1) is 0 Å². The monoisotopic (exact) mass is 230 g/mol. The Balaban J connectivity index is 3.78. The van der Waals surface area contributed by atoms with Gasteiger partial charge < -0.3 is 10.4 Å². The van der Waals surface area contributed by atoms with Crippen molar-refractivity contribution in [3.05, 3.63) is 0 Å². The molecule has 0 aromatic rings. The largest absolute Gasteiger partial charge is 0.481 e. The lowest BCUT2D eigenvalue weighted by atomic mass is 10.2. The second-order valence-corrected chi connectivity index (χ2v) is 3.61. The van der Waals surface area contributed by atoms with Gasteiger partial charge in [0.15, 0.2) is 0 Å². The van der Waals surface area contributed by atoms with E-state index in [-0.39, 0.29) is 18.9 Å². The van der Waals surface area contributed by atoms with Gasteiger partial charge in [0.2, 0.25) is 5.91 Å². The Labute approximate surface area is 94.4 Å². The highest BCUT2D eigenvalue weighted by Crippen LogP contribution is 1.94.